The van der Waals surface area contributed by atoms with Crippen LogP contribution in [0.15, 0.2) is 43.0 Å². The first kappa shape index (κ1) is 19.2. The molecule has 4 aromatic rings. The van der Waals surface area contributed by atoms with Gasteiger partial charge in [0, 0.05) is 12.1 Å². The largest absolute Gasteiger partial charge is 0.495 e. The molecule has 1 unspecified atom stereocenters. The van der Waals surface area contributed by atoms with Crippen molar-refractivity contribution >= 4 is 28.3 Å². The molecule has 2 N–H and O–H groups in total. The predicted octanol–water partition coefficient (Wildman–Crippen LogP) is 3.37. The number of anilines is 1. The Morgan fingerprint density at radius 2 is 2.10 bits per heavy atom. The van der Waals surface area contributed by atoms with E-state index in [9.17, 15) is 4.79 Å². The molecule has 1 fully saturated rings. The zero-order chi connectivity index (χ0) is 21.7. The number of aromatic nitrogens is 4. The van der Waals surface area contributed by atoms with Crippen LogP contribution in [-0.4, -0.2) is 43.3 Å². The van der Waals surface area contributed by atoms with Crippen LogP contribution in [0.3, 0.4) is 0 Å². The number of fused-ring (bicyclic) bond motifs is 3. The van der Waals surface area contributed by atoms with E-state index in [-0.39, 0.29) is 29.4 Å². The minimum Gasteiger partial charge on any atom is -0.495 e. The second-order valence-electron chi connectivity index (χ2n) is 7.71. The van der Waals surface area contributed by atoms with E-state index < -0.39 is 5.82 Å². The van der Waals surface area contributed by atoms with Gasteiger partial charge in [0.2, 0.25) is 0 Å². The summed E-state index contributed by atoms with van der Waals surface area (Å²) in [5.74, 6) is -0.124. The van der Waals surface area contributed by atoms with Gasteiger partial charge in [0.15, 0.2) is 0 Å². The number of carbonyl (C=O) groups excluding carboxylic acids is 1. The molecule has 1 amide bonds. The Balaban J connectivity index is 1.58. The number of nitrogen functional groups attached to an aromatic ring is 1. The molecular weight excluding hydrogens is 399 g/mol. The summed E-state index contributed by atoms with van der Waals surface area (Å²) in [5.41, 5.74) is 8.19. The van der Waals surface area contributed by atoms with E-state index in [1.807, 2.05) is 13.0 Å². The average molecular weight is 420 g/mol. The fourth-order valence-electron chi connectivity index (χ4n) is 3.91. The Hall–Kier alpha value is -3.75. The molecule has 1 saturated carbocycles. The quantitative estimate of drug-likeness (QED) is 0.532. The van der Waals surface area contributed by atoms with Gasteiger partial charge in [-0.25, -0.2) is 14.4 Å². The molecule has 31 heavy (non-hydrogen) atoms. The van der Waals surface area contributed by atoms with E-state index in [1.54, 1.807) is 41.2 Å². The molecule has 3 aromatic heterocycles. The number of imidazole rings is 1. The highest BCUT2D eigenvalue weighted by Gasteiger charge is 2.38. The molecule has 3 heterocycles. The van der Waals surface area contributed by atoms with Crippen molar-refractivity contribution in [3.8, 4) is 5.75 Å². The van der Waals surface area contributed by atoms with Gasteiger partial charge in [-0.05, 0) is 38.0 Å². The lowest BCUT2D eigenvalue weighted by atomic mass is 10.1. The van der Waals surface area contributed by atoms with E-state index in [1.165, 1.54) is 12.1 Å². The first-order valence-corrected chi connectivity index (χ1v) is 10.0. The standard InChI is InChI=1S/C22H21FN6O2/c1-12(17-6-5-14(31-2)9-26-17)29(13-3-4-13)22(30)15-7-19-18(8-16(15)23)27-21(24)20-10-25-11-28(19)20/h5-13H,3-4H2,1-2H3,(H2,24,27). The molecule has 0 saturated heterocycles. The number of pyridine rings is 1. The van der Waals surface area contributed by atoms with Gasteiger partial charge in [0.1, 0.15) is 22.9 Å². The summed E-state index contributed by atoms with van der Waals surface area (Å²) in [6, 6.07) is 6.14. The molecule has 1 aromatic carbocycles. The number of hydrogen-bond acceptors (Lipinski definition) is 6. The fourth-order valence-corrected chi connectivity index (χ4v) is 3.91. The molecule has 5 rings (SSSR count). The summed E-state index contributed by atoms with van der Waals surface area (Å²) in [4.78, 5) is 28.0. The third kappa shape index (κ3) is 3.22. The van der Waals surface area contributed by atoms with E-state index in [0.717, 1.165) is 12.8 Å². The van der Waals surface area contributed by atoms with Crippen molar-refractivity contribution in [1.82, 2.24) is 24.3 Å². The molecule has 1 atom stereocenters. The van der Waals surface area contributed by atoms with Gasteiger partial charge in [-0.1, -0.05) is 0 Å². The van der Waals surface area contributed by atoms with Crippen molar-refractivity contribution < 1.29 is 13.9 Å². The van der Waals surface area contributed by atoms with Gasteiger partial charge in [0.05, 0.1) is 54.2 Å². The molecule has 1 aliphatic carbocycles. The highest BCUT2D eigenvalue weighted by molar-refractivity contribution is 5.99. The number of nitrogens with two attached hydrogens (primary N) is 1. The van der Waals surface area contributed by atoms with Crippen molar-refractivity contribution in [1.29, 1.82) is 0 Å². The van der Waals surface area contributed by atoms with Gasteiger partial charge in [-0.2, -0.15) is 0 Å². The highest BCUT2D eigenvalue weighted by Crippen LogP contribution is 2.36. The van der Waals surface area contributed by atoms with Crippen molar-refractivity contribution in [2.24, 2.45) is 0 Å². The molecule has 158 valence electrons. The van der Waals surface area contributed by atoms with Gasteiger partial charge >= 0.3 is 0 Å². The van der Waals surface area contributed by atoms with Crippen LogP contribution in [0.1, 0.15) is 41.9 Å². The predicted molar refractivity (Wildman–Crippen MR) is 113 cm³/mol. The van der Waals surface area contributed by atoms with Crippen LogP contribution in [0.5, 0.6) is 5.75 Å². The summed E-state index contributed by atoms with van der Waals surface area (Å²) >= 11 is 0. The lowest BCUT2D eigenvalue weighted by molar-refractivity contribution is 0.0665. The van der Waals surface area contributed by atoms with Crippen molar-refractivity contribution in [3.63, 3.8) is 0 Å². The van der Waals surface area contributed by atoms with Crippen LogP contribution in [0.25, 0.3) is 16.6 Å². The van der Waals surface area contributed by atoms with Crippen molar-refractivity contribution in [2.75, 3.05) is 12.8 Å². The molecule has 8 nitrogen and oxygen atoms in total. The number of ether oxygens (including phenoxy) is 1. The van der Waals surface area contributed by atoms with Gasteiger partial charge in [-0.3, -0.25) is 14.2 Å². The number of rotatable bonds is 5. The number of halogens is 1. The second kappa shape index (κ2) is 7.19. The number of carbonyl (C=O) groups is 1. The molecule has 0 radical (unpaired) electrons. The summed E-state index contributed by atoms with van der Waals surface area (Å²) in [7, 11) is 1.57. The molecule has 0 aliphatic heterocycles. The van der Waals surface area contributed by atoms with E-state index >= 15 is 4.39 Å². The van der Waals surface area contributed by atoms with Crippen molar-refractivity contribution in [3.05, 3.63) is 60.1 Å². The summed E-state index contributed by atoms with van der Waals surface area (Å²) < 4.78 is 21.9. The summed E-state index contributed by atoms with van der Waals surface area (Å²) in [6.45, 7) is 1.90. The lowest BCUT2D eigenvalue weighted by Gasteiger charge is -2.29. The first-order chi connectivity index (χ1) is 15.0. The maximum absolute atomic E-state index is 15.1. The second-order valence-corrected chi connectivity index (χ2v) is 7.71. The number of benzene rings is 1. The Morgan fingerprint density at radius 1 is 1.29 bits per heavy atom. The number of nitrogens with zero attached hydrogens (tertiary/aromatic N) is 5. The minimum absolute atomic E-state index is 0.0127. The van der Waals surface area contributed by atoms with Gasteiger partial charge in [-0.15, -0.1) is 0 Å². The monoisotopic (exact) mass is 420 g/mol. The third-order valence-corrected chi connectivity index (χ3v) is 5.71. The Bertz CT molecular complexity index is 1300. The molecule has 0 bridgehead atoms. The molecule has 1 aliphatic rings. The molecular formula is C22H21FN6O2. The van der Waals surface area contributed by atoms with E-state index in [4.69, 9.17) is 10.5 Å². The van der Waals surface area contributed by atoms with Crippen LogP contribution in [0, 0.1) is 5.82 Å². The number of hydrogen-bond donors (Lipinski definition) is 1. The zero-order valence-corrected chi connectivity index (χ0v) is 17.1. The van der Waals surface area contributed by atoms with E-state index in [2.05, 4.69) is 15.0 Å². The minimum atomic E-state index is -0.635. The SMILES string of the molecule is COc1ccc(C(C)N(C(=O)c2cc3c(cc2F)nc(N)c2cncn23)C2CC2)nc1. The smallest absolute Gasteiger partial charge is 0.257 e. The number of amides is 1. The molecule has 9 heteroatoms. The maximum atomic E-state index is 15.1. The Kier molecular flexibility index (Phi) is 4.46. The summed E-state index contributed by atoms with van der Waals surface area (Å²) in [6.07, 6.45) is 6.53. The number of methoxy groups -OCH3 is 1. The normalized spacial score (nSPS) is 14.7. The zero-order valence-electron chi connectivity index (χ0n) is 17.1. The Labute approximate surface area is 177 Å². The topological polar surface area (TPSA) is 98.6 Å². The van der Waals surface area contributed by atoms with Gasteiger partial charge in [0.25, 0.3) is 5.91 Å². The van der Waals surface area contributed by atoms with Crippen LogP contribution >= 0.6 is 0 Å². The first-order valence-electron chi connectivity index (χ1n) is 10.0. The lowest BCUT2D eigenvalue weighted by Crippen LogP contribution is -2.36. The Morgan fingerprint density at radius 3 is 2.77 bits per heavy atom. The van der Waals surface area contributed by atoms with Crippen molar-refractivity contribution in [2.45, 2.75) is 31.8 Å². The third-order valence-electron chi connectivity index (χ3n) is 5.71. The van der Waals surface area contributed by atoms with Crippen LogP contribution in [-0.2, 0) is 0 Å². The van der Waals surface area contributed by atoms with Gasteiger partial charge < -0.3 is 15.4 Å². The molecule has 0 spiro atoms. The van der Waals surface area contributed by atoms with Crippen LogP contribution in [0.4, 0.5) is 10.2 Å². The van der Waals surface area contributed by atoms with Crippen LogP contribution in [0.2, 0.25) is 0 Å². The highest BCUT2D eigenvalue weighted by atomic mass is 19.1. The fraction of sp³-hybridized carbons (Fsp3) is 0.273. The summed E-state index contributed by atoms with van der Waals surface area (Å²) in [5, 5.41) is 0. The van der Waals surface area contributed by atoms with E-state index in [0.29, 0.717) is 28.0 Å². The maximum Gasteiger partial charge on any atom is 0.257 e. The average Bonchev–Trinajstić information content (AvgIpc) is 3.47. The van der Waals surface area contributed by atoms with Crippen LogP contribution < -0.4 is 10.5 Å².